The summed E-state index contributed by atoms with van der Waals surface area (Å²) in [4.78, 5) is 27.2. The number of hydrogen-bond acceptors (Lipinski definition) is 4. The molecule has 21 heavy (non-hydrogen) atoms. The lowest BCUT2D eigenvalue weighted by atomic mass is 10.0. The van der Waals surface area contributed by atoms with Crippen LogP contribution in [0, 0.1) is 5.92 Å². The zero-order valence-corrected chi connectivity index (χ0v) is 13.2. The van der Waals surface area contributed by atoms with Gasteiger partial charge in [0.2, 0.25) is 0 Å². The number of carbonyl (C=O) groups is 2. The van der Waals surface area contributed by atoms with E-state index in [4.69, 9.17) is 4.74 Å². The minimum Gasteiger partial charge on any atom is -0.481 e. The predicted molar refractivity (Wildman–Crippen MR) is 79.3 cm³/mol. The molecule has 122 valence electrons. The van der Waals surface area contributed by atoms with Gasteiger partial charge in [0.15, 0.2) is 0 Å². The molecule has 2 N–H and O–H groups in total. The van der Waals surface area contributed by atoms with Gasteiger partial charge in [0.1, 0.15) is 5.92 Å². The Hall–Kier alpha value is -1.34. The van der Waals surface area contributed by atoms with Crippen LogP contribution >= 0.6 is 0 Å². The third kappa shape index (κ3) is 4.86. The van der Waals surface area contributed by atoms with E-state index in [0.717, 1.165) is 19.4 Å². The van der Waals surface area contributed by atoms with E-state index in [0.29, 0.717) is 19.7 Å². The first-order valence-electron chi connectivity index (χ1n) is 7.49. The van der Waals surface area contributed by atoms with Gasteiger partial charge in [-0.2, -0.15) is 0 Å². The molecule has 0 aromatic carbocycles. The molecule has 1 fully saturated rings. The van der Waals surface area contributed by atoms with E-state index in [1.807, 2.05) is 14.0 Å². The van der Waals surface area contributed by atoms with Crippen LogP contribution in [0.1, 0.15) is 19.8 Å². The number of aliphatic carboxylic acids is 1. The maximum Gasteiger partial charge on any atom is 0.320 e. The van der Waals surface area contributed by atoms with Gasteiger partial charge in [0, 0.05) is 20.1 Å². The Morgan fingerprint density at radius 2 is 2.05 bits per heavy atom. The number of nitrogens with zero attached hydrogens (tertiary/aromatic N) is 2. The number of rotatable bonds is 8. The monoisotopic (exact) mass is 301 g/mol. The van der Waals surface area contributed by atoms with Gasteiger partial charge in [-0.1, -0.05) is 6.92 Å². The average Bonchev–Trinajstić information content (AvgIpc) is 2.93. The van der Waals surface area contributed by atoms with Crippen molar-refractivity contribution in [3.8, 4) is 0 Å². The van der Waals surface area contributed by atoms with Crippen molar-refractivity contribution < 1.29 is 19.4 Å². The molecule has 0 aliphatic carbocycles. The summed E-state index contributed by atoms with van der Waals surface area (Å²) in [6.07, 6.45) is 1.65. The van der Waals surface area contributed by atoms with Crippen LogP contribution in [0.3, 0.4) is 0 Å². The fraction of sp³-hybridized carbons (Fsp3) is 0.857. The molecule has 0 spiro atoms. The van der Waals surface area contributed by atoms with E-state index in [2.05, 4.69) is 5.32 Å². The van der Waals surface area contributed by atoms with Crippen molar-refractivity contribution in [3.63, 3.8) is 0 Å². The number of amides is 2. The summed E-state index contributed by atoms with van der Waals surface area (Å²) in [5, 5.41) is 12.3. The summed E-state index contributed by atoms with van der Waals surface area (Å²) in [5.41, 5.74) is 0. The molecule has 7 heteroatoms. The third-order valence-electron chi connectivity index (χ3n) is 3.73. The molecule has 0 saturated carbocycles. The highest BCUT2D eigenvalue weighted by atomic mass is 16.5. The summed E-state index contributed by atoms with van der Waals surface area (Å²) < 4.78 is 5.28. The van der Waals surface area contributed by atoms with Crippen LogP contribution < -0.4 is 5.32 Å². The first-order valence-corrected chi connectivity index (χ1v) is 7.49. The topological polar surface area (TPSA) is 82.1 Å². The fourth-order valence-electron chi connectivity index (χ4n) is 2.54. The number of carbonyl (C=O) groups excluding carboxylic acids is 1. The minimum atomic E-state index is -0.899. The van der Waals surface area contributed by atoms with Crippen molar-refractivity contribution in [1.29, 1.82) is 0 Å². The van der Waals surface area contributed by atoms with Crippen LogP contribution in [0.2, 0.25) is 0 Å². The fourth-order valence-corrected chi connectivity index (χ4v) is 2.54. The van der Waals surface area contributed by atoms with E-state index in [-0.39, 0.29) is 18.7 Å². The third-order valence-corrected chi connectivity index (χ3v) is 3.73. The number of nitrogens with one attached hydrogen (secondary N) is 1. The molecule has 1 rings (SSSR count). The number of hydrogen-bond donors (Lipinski definition) is 2. The highest BCUT2D eigenvalue weighted by molar-refractivity contribution is 5.77. The van der Waals surface area contributed by atoms with Crippen molar-refractivity contribution in [1.82, 2.24) is 15.1 Å². The van der Waals surface area contributed by atoms with E-state index in [9.17, 15) is 14.7 Å². The van der Waals surface area contributed by atoms with Crippen LogP contribution in [0.25, 0.3) is 0 Å². The lowest BCUT2D eigenvalue weighted by Gasteiger charge is -2.33. The number of urea groups is 1. The van der Waals surface area contributed by atoms with Crippen molar-refractivity contribution in [2.24, 2.45) is 5.92 Å². The normalized spacial score (nSPS) is 21.3. The number of ether oxygens (including phenoxy) is 1. The summed E-state index contributed by atoms with van der Waals surface area (Å²) in [6.45, 7) is 4.49. The molecule has 0 aromatic rings. The van der Waals surface area contributed by atoms with Gasteiger partial charge in [-0.05, 0) is 26.4 Å². The summed E-state index contributed by atoms with van der Waals surface area (Å²) in [5.74, 6) is -1.53. The van der Waals surface area contributed by atoms with Crippen LogP contribution in [-0.2, 0) is 9.53 Å². The molecule has 0 bridgehead atoms. The average molecular weight is 301 g/mol. The van der Waals surface area contributed by atoms with E-state index in [1.165, 1.54) is 0 Å². The lowest BCUT2D eigenvalue weighted by Crippen LogP contribution is -2.51. The Bertz CT molecular complexity index is 351. The van der Waals surface area contributed by atoms with Crippen molar-refractivity contribution >= 4 is 12.0 Å². The molecule has 1 aliphatic heterocycles. The number of carboxylic acid groups (broad SMARTS) is 1. The highest BCUT2D eigenvalue weighted by Crippen LogP contribution is 2.21. The first-order chi connectivity index (χ1) is 10.0. The summed E-state index contributed by atoms with van der Waals surface area (Å²) in [6, 6.07) is -0.489. The first kappa shape index (κ1) is 17.7. The molecule has 1 saturated heterocycles. The van der Waals surface area contributed by atoms with Crippen LogP contribution in [-0.4, -0.2) is 79.9 Å². The van der Waals surface area contributed by atoms with Crippen molar-refractivity contribution in [2.45, 2.75) is 25.8 Å². The van der Waals surface area contributed by atoms with Gasteiger partial charge in [-0.25, -0.2) is 4.79 Å². The van der Waals surface area contributed by atoms with Crippen molar-refractivity contribution in [3.05, 3.63) is 0 Å². The van der Waals surface area contributed by atoms with E-state index < -0.39 is 11.9 Å². The summed E-state index contributed by atoms with van der Waals surface area (Å²) in [7, 11) is 3.63. The molecular formula is C14H27N3O4. The Balaban J connectivity index is 2.70. The van der Waals surface area contributed by atoms with E-state index in [1.54, 1.807) is 16.8 Å². The zero-order valence-electron chi connectivity index (χ0n) is 13.2. The zero-order chi connectivity index (χ0) is 15.8. The molecule has 1 heterocycles. The smallest absolute Gasteiger partial charge is 0.320 e. The second-order valence-corrected chi connectivity index (χ2v) is 5.40. The van der Waals surface area contributed by atoms with Gasteiger partial charge in [-0.3, -0.25) is 4.79 Å². The Morgan fingerprint density at radius 1 is 1.33 bits per heavy atom. The standard InChI is InChI=1S/C14H27N3O4/c1-4-7-17(12-10-21-9-11(12)13(18)19)14(20)16(3)8-5-6-15-2/h11-12,15H,4-10H2,1-3H3,(H,18,19). The second-order valence-electron chi connectivity index (χ2n) is 5.40. The number of carboxylic acids is 1. The molecule has 2 unspecified atom stereocenters. The van der Waals surface area contributed by atoms with Gasteiger partial charge >= 0.3 is 12.0 Å². The van der Waals surface area contributed by atoms with Gasteiger partial charge in [-0.15, -0.1) is 0 Å². The highest BCUT2D eigenvalue weighted by Gasteiger charge is 2.40. The van der Waals surface area contributed by atoms with E-state index >= 15 is 0 Å². The SMILES string of the molecule is CCCN(C(=O)N(C)CCCNC)C1COCC1C(=O)O. The van der Waals surface area contributed by atoms with Crippen LogP contribution in [0.4, 0.5) is 4.79 Å². The van der Waals surface area contributed by atoms with Gasteiger partial charge in [0.05, 0.1) is 19.3 Å². The maximum absolute atomic E-state index is 12.6. The largest absolute Gasteiger partial charge is 0.481 e. The maximum atomic E-state index is 12.6. The predicted octanol–water partition coefficient (Wildman–Crippen LogP) is 0.459. The molecule has 2 amide bonds. The van der Waals surface area contributed by atoms with Crippen molar-refractivity contribution in [2.75, 3.05) is 46.9 Å². The Morgan fingerprint density at radius 3 is 2.62 bits per heavy atom. The Labute approximate surface area is 126 Å². The summed E-state index contributed by atoms with van der Waals surface area (Å²) >= 11 is 0. The van der Waals surface area contributed by atoms with Gasteiger partial charge < -0.3 is 25.0 Å². The van der Waals surface area contributed by atoms with Crippen LogP contribution in [0.15, 0.2) is 0 Å². The molecular weight excluding hydrogens is 274 g/mol. The molecule has 1 aliphatic rings. The quantitative estimate of drug-likeness (QED) is 0.637. The molecule has 0 aromatic heterocycles. The molecule has 7 nitrogen and oxygen atoms in total. The van der Waals surface area contributed by atoms with Crippen LogP contribution in [0.5, 0.6) is 0 Å². The lowest BCUT2D eigenvalue weighted by molar-refractivity contribution is -0.142. The Kier molecular flexibility index (Phi) is 7.45. The second kappa shape index (κ2) is 8.84. The molecule has 2 atom stereocenters. The molecule has 0 radical (unpaired) electrons. The van der Waals surface area contributed by atoms with Gasteiger partial charge in [0.25, 0.3) is 0 Å². The minimum absolute atomic E-state index is 0.116.